The van der Waals surface area contributed by atoms with Gasteiger partial charge in [-0.1, -0.05) is 6.42 Å². The van der Waals surface area contributed by atoms with Crippen molar-refractivity contribution < 1.29 is 4.79 Å². The van der Waals surface area contributed by atoms with Gasteiger partial charge in [0.2, 0.25) is 5.91 Å². The number of carbonyl (C=O) groups excluding carboxylic acids is 1. The number of hydrogen-bond acceptors (Lipinski definition) is 3. The van der Waals surface area contributed by atoms with E-state index in [2.05, 4.69) is 10.4 Å². The third-order valence-electron chi connectivity index (χ3n) is 3.56. The summed E-state index contributed by atoms with van der Waals surface area (Å²) < 4.78 is 1.78. The fourth-order valence-electron chi connectivity index (χ4n) is 2.54. The second kappa shape index (κ2) is 6.00. The number of rotatable bonds is 4. The van der Waals surface area contributed by atoms with E-state index in [0.717, 1.165) is 37.7 Å². The molecule has 1 aliphatic carbocycles. The molecule has 1 fully saturated rings. The Bertz CT molecular complexity index is 401. The van der Waals surface area contributed by atoms with E-state index in [1.807, 2.05) is 19.4 Å². The lowest BCUT2D eigenvalue weighted by Crippen LogP contribution is -2.38. The standard InChI is InChI=1S/C13H22N4O/c1-17-9-10(8-16-17)5-6-15-13(18)11-3-2-4-12(14)7-11/h8-9,11-12H,2-7,14H2,1H3,(H,15,18). The third-order valence-corrected chi connectivity index (χ3v) is 3.56. The van der Waals surface area contributed by atoms with E-state index < -0.39 is 0 Å². The van der Waals surface area contributed by atoms with E-state index in [1.165, 1.54) is 0 Å². The maximum Gasteiger partial charge on any atom is 0.223 e. The molecule has 1 aliphatic rings. The summed E-state index contributed by atoms with van der Waals surface area (Å²) in [6.45, 7) is 0.677. The van der Waals surface area contributed by atoms with Gasteiger partial charge in [-0.05, 0) is 31.2 Å². The number of nitrogens with two attached hydrogens (primary N) is 1. The number of carbonyl (C=O) groups is 1. The molecule has 2 rings (SSSR count). The molecule has 1 aromatic heterocycles. The first kappa shape index (κ1) is 13.1. The third kappa shape index (κ3) is 3.57. The molecule has 100 valence electrons. The Hall–Kier alpha value is -1.36. The van der Waals surface area contributed by atoms with Crippen LogP contribution in [-0.2, 0) is 18.3 Å². The van der Waals surface area contributed by atoms with Gasteiger partial charge in [-0.15, -0.1) is 0 Å². The van der Waals surface area contributed by atoms with Crippen molar-refractivity contribution in [2.45, 2.75) is 38.1 Å². The molecule has 18 heavy (non-hydrogen) atoms. The van der Waals surface area contributed by atoms with E-state index in [-0.39, 0.29) is 17.9 Å². The van der Waals surface area contributed by atoms with Crippen molar-refractivity contribution in [1.82, 2.24) is 15.1 Å². The highest BCUT2D eigenvalue weighted by Gasteiger charge is 2.24. The predicted octanol–water partition coefficient (Wildman–Crippen LogP) is 0.596. The molecular weight excluding hydrogens is 228 g/mol. The van der Waals surface area contributed by atoms with Gasteiger partial charge in [0, 0.05) is 31.7 Å². The number of nitrogens with one attached hydrogen (secondary N) is 1. The molecule has 0 aliphatic heterocycles. The highest BCUT2D eigenvalue weighted by atomic mass is 16.1. The first-order valence-electron chi connectivity index (χ1n) is 6.66. The van der Waals surface area contributed by atoms with Crippen molar-refractivity contribution in [2.75, 3.05) is 6.54 Å². The van der Waals surface area contributed by atoms with Gasteiger partial charge in [-0.2, -0.15) is 5.10 Å². The van der Waals surface area contributed by atoms with Crippen molar-refractivity contribution >= 4 is 5.91 Å². The van der Waals surface area contributed by atoms with Crippen molar-refractivity contribution in [1.29, 1.82) is 0 Å². The van der Waals surface area contributed by atoms with E-state index in [9.17, 15) is 4.79 Å². The quantitative estimate of drug-likeness (QED) is 0.821. The molecule has 0 bridgehead atoms. The van der Waals surface area contributed by atoms with Gasteiger partial charge >= 0.3 is 0 Å². The van der Waals surface area contributed by atoms with Gasteiger partial charge in [-0.3, -0.25) is 9.48 Å². The van der Waals surface area contributed by atoms with Gasteiger partial charge in [0.25, 0.3) is 0 Å². The molecule has 2 unspecified atom stereocenters. The van der Waals surface area contributed by atoms with Crippen LogP contribution < -0.4 is 11.1 Å². The Morgan fingerprint density at radius 1 is 1.61 bits per heavy atom. The minimum atomic E-state index is 0.114. The predicted molar refractivity (Wildman–Crippen MR) is 69.9 cm³/mol. The first-order valence-corrected chi connectivity index (χ1v) is 6.66. The summed E-state index contributed by atoms with van der Waals surface area (Å²) in [5, 5.41) is 7.10. The van der Waals surface area contributed by atoms with Crippen molar-refractivity contribution in [3.63, 3.8) is 0 Å². The first-order chi connectivity index (χ1) is 8.65. The molecule has 3 N–H and O–H groups in total. The van der Waals surface area contributed by atoms with Crippen molar-refractivity contribution in [2.24, 2.45) is 18.7 Å². The number of hydrogen-bond donors (Lipinski definition) is 2. The Kier molecular flexibility index (Phi) is 4.36. The lowest BCUT2D eigenvalue weighted by atomic mass is 9.85. The van der Waals surface area contributed by atoms with Gasteiger partial charge in [0.1, 0.15) is 0 Å². The summed E-state index contributed by atoms with van der Waals surface area (Å²) >= 11 is 0. The van der Waals surface area contributed by atoms with Gasteiger partial charge in [0.05, 0.1) is 6.20 Å². The second-order valence-electron chi connectivity index (χ2n) is 5.19. The Balaban J connectivity index is 1.71. The van der Waals surface area contributed by atoms with Crippen LogP contribution in [-0.4, -0.2) is 28.3 Å². The summed E-state index contributed by atoms with van der Waals surface area (Å²) in [5.41, 5.74) is 7.05. The number of aromatic nitrogens is 2. The van der Waals surface area contributed by atoms with Crippen LogP contribution in [0.3, 0.4) is 0 Å². The molecular formula is C13H22N4O. The molecule has 0 radical (unpaired) electrons. The van der Waals surface area contributed by atoms with Crippen LogP contribution in [0.4, 0.5) is 0 Å². The Morgan fingerprint density at radius 3 is 3.11 bits per heavy atom. The van der Waals surface area contributed by atoms with Crippen LogP contribution in [0.1, 0.15) is 31.2 Å². The average Bonchev–Trinajstić information content (AvgIpc) is 2.75. The molecule has 2 atom stereocenters. The van der Waals surface area contributed by atoms with Crippen LogP contribution in [0, 0.1) is 5.92 Å². The summed E-state index contributed by atoms with van der Waals surface area (Å²) in [4.78, 5) is 12.0. The maximum absolute atomic E-state index is 12.0. The normalized spacial score (nSPS) is 23.9. The zero-order chi connectivity index (χ0) is 13.0. The lowest BCUT2D eigenvalue weighted by molar-refractivity contribution is -0.126. The van der Waals surface area contributed by atoms with Gasteiger partial charge in [-0.25, -0.2) is 0 Å². The zero-order valence-electron chi connectivity index (χ0n) is 10.9. The monoisotopic (exact) mass is 250 g/mol. The van der Waals surface area contributed by atoms with E-state index in [0.29, 0.717) is 6.54 Å². The minimum Gasteiger partial charge on any atom is -0.356 e. The van der Waals surface area contributed by atoms with Crippen LogP contribution in [0.2, 0.25) is 0 Å². The number of amides is 1. The molecule has 1 aromatic rings. The Labute approximate surface area is 108 Å². The summed E-state index contributed by atoms with van der Waals surface area (Å²) in [5.74, 6) is 0.275. The van der Waals surface area contributed by atoms with Gasteiger partial charge in [0.15, 0.2) is 0 Å². The lowest BCUT2D eigenvalue weighted by Gasteiger charge is -2.25. The molecule has 1 heterocycles. The zero-order valence-corrected chi connectivity index (χ0v) is 10.9. The maximum atomic E-state index is 12.0. The molecule has 5 nitrogen and oxygen atoms in total. The highest BCUT2D eigenvalue weighted by Crippen LogP contribution is 2.22. The minimum absolute atomic E-state index is 0.114. The molecule has 1 amide bonds. The van der Waals surface area contributed by atoms with E-state index in [4.69, 9.17) is 5.73 Å². The Morgan fingerprint density at radius 2 is 2.44 bits per heavy atom. The highest BCUT2D eigenvalue weighted by molar-refractivity contribution is 5.78. The van der Waals surface area contributed by atoms with E-state index >= 15 is 0 Å². The van der Waals surface area contributed by atoms with Crippen LogP contribution >= 0.6 is 0 Å². The summed E-state index contributed by atoms with van der Waals surface area (Å²) in [6.07, 6.45) is 8.58. The summed E-state index contributed by atoms with van der Waals surface area (Å²) in [7, 11) is 1.89. The largest absolute Gasteiger partial charge is 0.356 e. The molecule has 0 spiro atoms. The van der Waals surface area contributed by atoms with E-state index in [1.54, 1.807) is 4.68 Å². The molecule has 0 aromatic carbocycles. The molecule has 0 saturated heterocycles. The smallest absolute Gasteiger partial charge is 0.223 e. The number of aryl methyl sites for hydroxylation is 1. The fourth-order valence-corrected chi connectivity index (χ4v) is 2.54. The van der Waals surface area contributed by atoms with Gasteiger partial charge < -0.3 is 11.1 Å². The SMILES string of the molecule is Cn1cc(CCNC(=O)C2CCCC(N)C2)cn1. The topological polar surface area (TPSA) is 72.9 Å². The van der Waals surface area contributed by atoms with Crippen LogP contribution in [0.25, 0.3) is 0 Å². The second-order valence-corrected chi connectivity index (χ2v) is 5.19. The van der Waals surface area contributed by atoms with Crippen molar-refractivity contribution in [3.05, 3.63) is 18.0 Å². The van der Waals surface area contributed by atoms with Crippen molar-refractivity contribution in [3.8, 4) is 0 Å². The van der Waals surface area contributed by atoms with Crippen LogP contribution in [0.15, 0.2) is 12.4 Å². The average molecular weight is 250 g/mol. The van der Waals surface area contributed by atoms with Crippen LogP contribution in [0.5, 0.6) is 0 Å². The molecule has 5 heteroatoms. The molecule has 1 saturated carbocycles. The fraction of sp³-hybridized carbons (Fsp3) is 0.692. The summed E-state index contributed by atoms with van der Waals surface area (Å²) in [6, 6.07) is 0.202. The number of nitrogens with zero attached hydrogens (tertiary/aromatic N) is 2.